The number of carbonyl (C=O) groups excluding carboxylic acids is 1. The van der Waals surface area contributed by atoms with E-state index in [0.29, 0.717) is 18.7 Å². The van der Waals surface area contributed by atoms with Crippen molar-refractivity contribution in [2.24, 2.45) is 0 Å². The number of aliphatic hydroxyl groups excluding tert-OH is 1. The number of nitrogens with one attached hydrogen (secondary N) is 1. The first kappa shape index (κ1) is 19.7. The molecule has 0 bridgehead atoms. The number of nitrogens with zero attached hydrogens (tertiary/aromatic N) is 2. The highest BCUT2D eigenvalue weighted by Gasteiger charge is 2.24. The highest BCUT2D eigenvalue weighted by atomic mass is 79.9. The van der Waals surface area contributed by atoms with Crippen molar-refractivity contribution in [2.75, 3.05) is 13.1 Å². The van der Waals surface area contributed by atoms with Crippen LogP contribution in [0.1, 0.15) is 27.2 Å². The van der Waals surface area contributed by atoms with Crippen molar-refractivity contribution >= 4 is 32.7 Å². The monoisotopic (exact) mass is 455 g/mol. The summed E-state index contributed by atoms with van der Waals surface area (Å²) in [4.78, 5) is 13.8. The number of fused-ring (bicyclic) bond motifs is 3. The number of benzene rings is 2. The number of hydroxylamine groups is 1. The van der Waals surface area contributed by atoms with Crippen LogP contribution in [0, 0.1) is 0 Å². The average Bonchev–Trinajstić information content (AvgIpc) is 3.00. The van der Waals surface area contributed by atoms with Crippen LogP contribution in [-0.4, -0.2) is 38.8 Å². The fourth-order valence-electron chi connectivity index (χ4n) is 4.06. The van der Waals surface area contributed by atoms with Gasteiger partial charge in [0.15, 0.2) is 0 Å². The lowest BCUT2D eigenvalue weighted by atomic mass is 10.0. The molecule has 3 aromatic rings. The molecule has 1 aromatic heterocycles. The van der Waals surface area contributed by atoms with Gasteiger partial charge < -0.3 is 9.67 Å². The first-order valence-electron chi connectivity index (χ1n) is 9.38. The summed E-state index contributed by atoms with van der Waals surface area (Å²) < 4.78 is 3.37. The number of hydrogen-bond donors (Lipinski definition) is 3. The Morgan fingerprint density at radius 2 is 1.97 bits per heavy atom. The molecule has 0 fully saturated rings. The third-order valence-corrected chi connectivity index (χ3v) is 5.85. The van der Waals surface area contributed by atoms with Gasteiger partial charge in [0.05, 0.1) is 12.3 Å². The minimum absolute atomic E-state index is 0.186. The summed E-state index contributed by atoms with van der Waals surface area (Å²) in [5, 5.41) is 19.6. The van der Waals surface area contributed by atoms with E-state index in [1.54, 1.807) is 17.6 Å². The number of carbonyl (C=O) groups is 1. The number of halogens is 1. The van der Waals surface area contributed by atoms with E-state index in [2.05, 4.69) is 44.1 Å². The van der Waals surface area contributed by atoms with Crippen molar-refractivity contribution in [3.63, 3.8) is 0 Å². The SMILES string of the molecule is C=C(O)CN1CCc2c(c3cc(Br)ccc3n2Cc2ccc(C(=O)NO)cc2)C1. The van der Waals surface area contributed by atoms with Gasteiger partial charge in [0.1, 0.15) is 0 Å². The minimum atomic E-state index is -0.518. The molecule has 2 heterocycles. The smallest absolute Gasteiger partial charge is 0.274 e. The van der Waals surface area contributed by atoms with Gasteiger partial charge in [0.25, 0.3) is 5.91 Å². The molecule has 6 nitrogen and oxygen atoms in total. The Balaban J connectivity index is 1.72. The van der Waals surface area contributed by atoms with Gasteiger partial charge in [-0.1, -0.05) is 34.6 Å². The summed E-state index contributed by atoms with van der Waals surface area (Å²) in [6, 6.07) is 13.6. The van der Waals surface area contributed by atoms with Gasteiger partial charge in [-0.3, -0.25) is 14.9 Å². The molecular formula is C22H22BrN3O3. The maximum Gasteiger partial charge on any atom is 0.274 e. The van der Waals surface area contributed by atoms with Gasteiger partial charge in [0, 0.05) is 52.7 Å². The predicted molar refractivity (Wildman–Crippen MR) is 115 cm³/mol. The summed E-state index contributed by atoms with van der Waals surface area (Å²) in [5.41, 5.74) is 6.90. The second-order valence-electron chi connectivity index (χ2n) is 7.34. The van der Waals surface area contributed by atoms with Crippen molar-refractivity contribution < 1.29 is 15.1 Å². The van der Waals surface area contributed by atoms with Gasteiger partial charge in [-0.15, -0.1) is 0 Å². The van der Waals surface area contributed by atoms with E-state index in [9.17, 15) is 9.90 Å². The van der Waals surface area contributed by atoms with Crippen LogP contribution >= 0.6 is 15.9 Å². The molecule has 0 saturated carbocycles. The summed E-state index contributed by atoms with van der Waals surface area (Å²) >= 11 is 3.58. The summed E-state index contributed by atoms with van der Waals surface area (Å²) in [6.45, 7) is 6.43. The Bertz CT molecular complexity index is 1090. The molecule has 0 radical (unpaired) electrons. The van der Waals surface area contributed by atoms with E-state index in [1.165, 1.54) is 22.2 Å². The quantitative estimate of drug-likeness (QED) is 0.308. The molecule has 0 aliphatic carbocycles. The van der Waals surface area contributed by atoms with Gasteiger partial charge in [-0.05, 0) is 41.5 Å². The Morgan fingerprint density at radius 3 is 2.66 bits per heavy atom. The number of rotatable bonds is 5. The van der Waals surface area contributed by atoms with E-state index in [-0.39, 0.29) is 5.76 Å². The van der Waals surface area contributed by atoms with E-state index >= 15 is 0 Å². The number of hydrogen-bond acceptors (Lipinski definition) is 4. The molecule has 2 aromatic carbocycles. The molecule has 150 valence electrons. The van der Waals surface area contributed by atoms with Crippen molar-refractivity contribution in [1.29, 1.82) is 0 Å². The Kier molecular flexibility index (Phi) is 5.45. The van der Waals surface area contributed by atoms with E-state index < -0.39 is 5.91 Å². The first-order chi connectivity index (χ1) is 14.0. The second kappa shape index (κ2) is 8.02. The van der Waals surface area contributed by atoms with Crippen LogP contribution in [0.4, 0.5) is 0 Å². The van der Waals surface area contributed by atoms with Gasteiger partial charge in [-0.25, -0.2) is 5.48 Å². The lowest BCUT2D eigenvalue weighted by Gasteiger charge is -2.27. The maximum atomic E-state index is 11.5. The largest absolute Gasteiger partial charge is 0.512 e. The molecule has 1 aliphatic rings. The summed E-state index contributed by atoms with van der Waals surface area (Å²) in [6.07, 6.45) is 0.889. The topological polar surface area (TPSA) is 77.7 Å². The van der Waals surface area contributed by atoms with Crippen LogP contribution in [-0.2, 0) is 19.5 Å². The minimum Gasteiger partial charge on any atom is -0.512 e. The lowest BCUT2D eigenvalue weighted by Crippen LogP contribution is -2.32. The molecule has 0 atom stereocenters. The Labute approximate surface area is 177 Å². The zero-order valence-corrected chi connectivity index (χ0v) is 17.4. The van der Waals surface area contributed by atoms with Crippen molar-refractivity contribution in [2.45, 2.75) is 19.5 Å². The van der Waals surface area contributed by atoms with Crippen LogP contribution in [0.2, 0.25) is 0 Å². The molecular weight excluding hydrogens is 434 g/mol. The Morgan fingerprint density at radius 1 is 1.21 bits per heavy atom. The maximum absolute atomic E-state index is 11.5. The first-order valence-corrected chi connectivity index (χ1v) is 10.2. The zero-order chi connectivity index (χ0) is 20.5. The highest BCUT2D eigenvalue weighted by Crippen LogP contribution is 2.33. The van der Waals surface area contributed by atoms with Gasteiger partial charge >= 0.3 is 0 Å². The van der Waals surface area contributed by atoms with Crippen molar-refractivity contribution in [1.82, 2.24) is 14.9 Å². The number of aliphatic hydroxyl groups is 1. The molecule has 0 saturated heterocycles. The third-order valence-electron chi connectivity index (χ3n) is 5.36. The van der Waals surface area contributed by atoms with E-state index in [0.717, 1.165) is 29.5 Å². The molecule has 4 rings (SSSR count). The lowest BCUT2D eigenvalue weighted by molar-refractivity contribution is 0.0706. The van der Waals surface area contributed by atoms with Crippen LogP contribution < -0.4 is 5.48 Å². The third kappa shape index (κ3) is 3.94. The fourth-order valence-corrected chi connectivity index (χ4v) is 4.42. The molecule has 0 spiro atoms. The van der Waals surface area contributed by atoms with Crippen molar-refractivity contribution in [3.8, 4) is 0 Å². The average molecular weight is 456 g/mol. The van der Waals surface area contributed by atoms with Crippen LogP contribution in [0.3, 0.4) is 0 Å². The van der Waals surface area contributed by atoms with Crippen LogP contribution in [0.25, 0.3) is 10.9 Å². The normalized spacial score (nSPS) is 14.0. The van der Waals surface area contributed by atoms with E-state index in [1.807, 2.05) is 18.2 Å². The molecule has 3 N–H and O–H groups in total. The molecule has 0 unspecified atom stereocenters. The van der Waals surface area contributed by atoms with Crippen LogP contribution in [0.15, 0.2) is 59.3 Å². The number of aromatic nitrogens is 1. The van der Waals surface area contributed by atoms with Crippen LogP contribution in [0.5, 0.6) is 0 Å². The number of amides is 1. The zero-order valence-electron chi connectivity index (χ0n) is 15.9. The van der Waals surface area contributed by atoms with Crippen molar-refractivity contribution in [3.05, 3.63) is 81.7 Å². The standard InChI is InChI=1S/C22H22BrN3O3/c1-14(27)11-25-9-8-21-19(13-25)18-10-17(23)6-7-20(18)26(21)12-15-2-4-16(5-3-15)22(28)24-29/h2-7,10,27,29H,1,8-9,11-13H2,(H,24,28). The molecule has 1 aliphatic heterocycles. The Hall–Kier alpha value is -2.61. The second-order valence-corrected chi connectivity index (χ2v) is 8.25. The molecule has 1 amide bonds. The predicted octanol–water partition coefficient (Wildman–Crippen LogP) is 4.00. The molecule has 29 heavy (non-hydrogen) atoms. The van der Waals surface area contributed by atoms with Gasteiger partial charge in [0.2, 0.25) is 0 Å². The van der Waals surface area contributed by atoms with E-state index in [4.69, 9.17) is 5.21 Å². The fraction of sp³-hybridized carbons (Fsp3) is 0.227. The summed E-state index contributed by atoms with van der Waals surface area (Å²) in [7, 11) is 0. The summed E-state index contributed by atoms with van der Waals surface area (Å²) in [5.74, 6) is -0.332. The molecule has 7 heteroatoms. The highest BCUT2D eigenvalue weighted by molar-refractivity contribution is 9.10. The van der Waals surface area contributed by atoms with Gasteiger partial charge in [-0.2, -0.15) is 0 Å².